The first kappa shape index (κ1) is 27.1. The summed E-state index contributed by atoms with van der Waals surface area (Å²) in [5.41, 5.74) is 0. The minimum Gasteiger partial charge on any atom is -1.00 e. The summed E-state index contributed by atoms with van der Waals surface area (Å²) in [6.45, 7) is 0. The number of rotatable bonds is 0. The summed E-state index contributed by atoms with van der Waals surface area (Å²) in [6, 6.07) is 0. The summed E-state index contributed by atoms with van der Waals surface area (Å²) < 4.78 is 0. The molecule has 0 aromatic heterocycles. The quantitative estimate of drug-likeness (QED) is 0.509. The average Bonchev–Trinajstić information content (AvgIpc) is 0. The van der Waals surface area contributed by atoms with E-state index in [2.05, 4.69) is 0 Å². The fourth-order valence-electron chi connectivity index (χ4n) is 0. The van der Waals surface area contributed by atoms with Crippen LogP contribution in [0.1, 0.15) is 2.85 Å². The summed E-state index contributed by atoms with van der Waals surface area (Å²) in [6.07, 6.45) is 0. The summed E-state index contributed by atoms with van der Waals surface area (Å²) in [7, 11) is 0. The van der Waals surface area contributed by atoms with Crippen molar-refractivity contribution in [2.24, 2.45) is 0 Å². The van der Waals surface area contributed by atoms with Gasteiger partial charge in [-0.15, -0.1) is 0 Å². The van der Waals surface area contributed by atoms with Gasteiger partial charge in [-0.1, -0.05) is 0 Å². The zero-order valence-corrected chi connectivity index (χ0v) is 8.16. The summed E-state index contributed by atoms with van der Waals surface area (Å²) in [4.78, 5) is 0. The molecule has 4 heavy (non-hydrogen) atoms. The molecule has 0 bridgehead atoms. The van der Waals surface area contributed by atoms with Crippen molar-refractivity contribution < 1.29 is 62.3 Å². The predicted molar refractivity (Wildman–Crippen MR) is 11.6 cm³/mol. The van der Waals surface area contributed by atoms with Gasteiger partial charge in [0, 0.05) is 53.9 Å². The van der Waals surface area contributed by atoms with Crippen LogP contribution in [0, 0.1) is 36.9 Å². The summed E-state index contributed by atoms with van der Waals surface area (Å²) in [5, 5.41) is 0. The zero-order chi connectivity index (χ0) is 0. The molecular formula is H4LuMnOSr. The van der Waals surface area contributed by atoms with E-state index in [-0.39, 0.29) is 108 Å². The molecule has 0 unspecified atom stereocenters. The SMILES string of the molecule is O.[H-].[H-].[Lu].[Mn].[Sr+2]. The molecule has 2 radical (unpaired) electrons. The molecule has 0 aromatic carbocycles. The van der Waals surface area contributed by atoms with Gasteiger partial charge in [0.2, 0.25) is 0 Å². The number of hydrogen-bond acceptors (Lipinski definition) is 0. The molecule has 0 spiro atoms. The maximum Gasteiger partial charge on any atom is 2.00 e. The molecule has 2 N–H and O–H groups in total. The molecule has 0 aliphatic heterocycles. The Kier molecular flexibility index (Phi) is 111. The Morgan fingerprint density at radius 1 is 1.25 bits per heavy atom. The molecular weight excluding hydrogens is 334 g/mol. The zero-order valence-electron chi connectivity index (χ0n) is 3.84. The molecule has 0 amide bonds. The Labute approximate surface area is 105 Å². The van der Waals surface area contributed by atoms with Crippen molar-refractivity contribution >= 4 is 45.5 Å². The van der Waals surface area contributed by atoms with Gasteiger partial charge in [-0.05, 0) is 0 Å². The molecule has 1 nitrogen and oxygen atoms in total. The van der Waals surface area contributed by atoms with Gasteiger partial charge in [0.05, 0.1) is 0 Å². The van der Waals surface area contributed by atoms with Crippen molar-refractivity contribution in [3.63, 3.8) is 0 Å². The Hall–Kier alpha value is 3.19. The molecule has 4 heteroatoms. The van der Waals surface area contributed by atoms with Gasteiger partial charge < -0.3 is 8.33 Å². The van der Waals surface area contributed by atoms with Crippen molar-refractivity contribution in [1.82, 2.24) is 0 Å². The van der Waals surface area contributed by atoms with E-state index in [1.54, 1.807) is 0 Å². The van der Waals surface area contributed by atoms with Crippen LogP contribution in [0.3, 0.4) is 0 Å². The van der Waals surface area contributed by atoms with Crippen LogP contribution < -0.4 is 0 Å². The van der Waals surface area contributed by atoms with Gasteiger partial charge in [-0.2, -0.15) is 0 Å². The third kappa shape index (κ3) is 8.96. The van der Waals surface area contributed by atoms with Crippen molar-refractivity contribution in [3.8, 4) is 0 Å². The topological polar surface area (TPSA) is 31.5 Å². The summed E-state index contributed by atoms with van der Waals surface area (Å²) >= 11 is 0. The van der Waals surface area contributed by atoms with Crippen LogP contribution in [0.25, 0.3) is 0 Å². The molecule has 0 fully saturated rings. The Morgan fingerprint density at radius 2 is 1.25 bits per heavy atom. The standard InChI is InChI=1S/Lu.Mn.H2O.Sr.2H/h;;1H2;;;/q;;;+2;2*-1. The van der Waals surface area contributed by atoms with Crippen LogP contribution in [0.5, 0.6) is 0 Å². The minimum atomic E-state index is 0. The van der Waals surface area contributed by atoms with E-state index < -0.39 is 0 Å². The second kappa shape index (κ2) is 16.4. The second-order valence-electron chi connectivity index (χ2n) is 0. The minimum absolute atomic E-state index is 0. The normalized spacial score (nSPS) is 0. The first-order valence-corrected chi connectivity index (χ1v) is 0. The predicted octanol–water partition coefficient (Wildman–Crippen LogP) is -0.983. The molecule has 0 aromatic rings. The molecule has 0 aliphatic carbocycles. The molecule has 0 aliphatic rings. The van der Waals surface area contributed by atoms with Crippen molar-refractivity contribution in [2.75, 3.05) is 0 Å². The maximum atomic E-state index is 0. The smallest absolute Gasteiger partial charge is 1.00 e. The molecule has 34 valence electrons. The Morgan fingerprint density at radius 3 is 1.25 bits per heavy atom. The van der Waals surface area contributed by atoms with Gasteiger partial charge in [0.15, 0.2) is 0 Å². The maximum absolute atomic E-state index is 0. The van der Waals surface area contributed by atoms with Gasteiger partial charge in [0.1, 0.15) is 0 Å². The molecule has 0 saturated carbocycles. The van der Waals surface area contributed by atoms with Crippen molar-refractivity contribution in [2.45, 2.75) is 0 Å². The molecule has 0 heterocycles. The first-order chi connectivity index (χ1) is 0. The average molecular weight is 338 g/mol. The van der Waals surface area contributed by atoms with Gasteiger partial charge in [0.25, 0.3) is 0 Å². The van der Waals surface area contributed by atoms with E-state index in [9.17, 15) is 0 Å². The van der Waals surface area contributed by atoms with E-state index in [1.165, 1.54) is 0 Å². The van der Waals surface area contributed by atoms with Crippen LogP contribution in [-0.2, 0) is 17.1 Å². The second-order valence-corrected chi connectivity index (χ2v) is 0. The fraction of sp³-hybridized carbons (Fsp3) is 0. The molecule has 0 atom stereocenters. The van der Waals surface area contributed by atoms with Crippen LogP contribution in [-0.4, -0.2) is 51.0 Å². The van der Waals surface area contributed by atoms with Crippen molar-refractivity contribution in [3.05, 3.63) is 0 Å². The van der Waals surface area contributed by atoms with Crippen LogP contribution in [0.15, 0.2) is 0 Å². The van der Waals surface area contributed by atoms with Crippen LogP contribution >= 0.6 is 0 Å². The Balaban J connectivity index is 0. The van der Waals surface area contributed by atoms with Gasteiger partial charge in [-0.3, -0.25) is 0 Å². The van der Waals surface area contributed by atoms with E-state index in [1.807, 2.05) is 0 Å². The van der Waals surface area contributed by atoms with E-state index >= 15 is 0 Å². The van der Waals surface area contributed by atoms with E-state index in [0.29, 0.717) is 0 Å². The molecule has 0 rings (SSSR count). The fourth-order valence-corrected chi connectivity index (χ4v) is 0. The van der Waals surface area contributed by atoms with Crippen LogP contribution in [0.4, 0.5) is 0 Å². The first-order valence-electron chi connectivity index (χ1n) is 0. The van der Waals surface area contributed by atoms with E-state index in [4.69, 9.17) is 0 Å². The van der Waals surface area contributed by atoms with Crippen LogP contribution in [0.2, 0.25) is 0 Å². The third-order valence-electron chi connectivity index (χ3n) is 0. The number of hydrogen-bond donors (Lipinski definition) is 0. The molecule has 0 saturated heterocycles. The van der Waals surface area contributed by atoms with Gasteiger partial charge >= 0.3 is 45.5 Å². The summed E-state index contributed by atoms with van der Waals surface area (Å²) in [5.74, 6) is 0. The third-order valence-corrected chi connectivity index (χ3v) is 0. The Bertz CT molecular complexity index is 13.5. The largest absolute Gasteiger partial charge is 2.00 e. The van der Waals surface area contributed by atoms with Gasteiger partial charge in [-0.25, -0.2) is 0 Å². The van der Waals surface area contributed by atoms with Crippen molar-refractivity contribution in [1.29, 1.82) is 0 Å². The van der Waals surface area contributed by atoms with E-state index in [0.717, 1.165) is 0 Å². The monoisotopic (exact) mass is 338 g/mol.